The van der Waals surface area contributed by atoms with Crippen LogP contribution in [0.2, 0.25) is 10.0 Å². The summed E-state index contributed by atoms with van der Waals surface area (Å²) in [6.45, 7) is 3.31. The summed E-state index contributed by atoms with van der Waals surface area (Å²) in [7, 11) is 0. The molecule has 0 radical (unpaired) electrons. The Balaban J connectivity index is 1.53. The Labute approximate surface area is 177 Å². The van der Waals surface area contributed by atoms with Crippen LogP contribution in [-0.2, 0) is 16.0 Å². The van der Waals surface area contributed by atoms with Crippen molar-refractivity contribution in [2.45, 2.75) is 32.2 Å². The fourth-order valence-corrected chi connectivity index (χ4v) is 4.65. The molecule has 150 valence electrons. The highest BCUT2D eigenvalue weighted by Crippen LogP contribution is 2.36. The van der Waals surface area contributed by atoms with Crippen molar-refractivity contribution in [1.29, 1.82) is 0 Å². The van der Waals surface area contributed by atoms with Gasteiger partial charge in [-0.15, -0.1) is 11.3 Å². The Hall–Kier alpha value is -1.83. The molecule has 1 aliphatic rings. The van der Waals surface area contributed by atoms with Crippen LogP contribution in [0.15, 0.2) is 23.6 Å². The van der Waals surface area contributed by atoms with Crippen LogP contribution in [0.3, 0.4) is 0 Å². The smallest absolute Gasteiger partial charge is 0.409 e. The first kappa shape index (κ1) is 20.9. The number of carbonyl (C=O) groups excluding carboxylic acids is 2. The second-order valence-electron chi connectivity index (χ2n) is 6.45. The molecule has 2 heterocycles. The van der Waals surface area contributed by atoms with Crippen LogP contribution in [0.4, 0.5) is 4.79 Å². The Morgan fingerprint density at radius 2 is 1.96 bits per heavy atom. The number of carbonyl (C=O) groups is 2. The summed E-state index contributed by atoms with van der Waals surface area (Å²) in [6, 6.07) is 5.36. The number of amides is 2. The number of hydrogen-bond donors (Lipinski definition) is 1. The van der Waals surface area contributed by atoms with Gasteiger partial charge >= 0.3 is 6.09 Å². The molecule has 1 aromatic heterocycles. The highest BCUT2D eigenvalue weighted by atomic mass is 35.5. The van der Waals surface area contributed by atoms with E-state index in [9.17, 15) is 9.59 Å². The van der Waals surface area contributed by atoms with E-state index in [1.807, 2.05) is 5.38 Å². The lowest BCUT2D eigenvalue weighted by Crippen LogP contribution is -2.47. The van der Waals surface area contributed by atoms with Crippen LogP contribution in [0.1, 0.15) is 25.5 Å². The van der Waals surface area contributed by atoms with Crippen molar-refractivity contribution in [3.63, 3.8) is 0 Å². The summed E-state index contributed by atoms with van der Waals surface area (Å²) in [6.07, 6.45) is 1.32. The van der Waals surface area contributed by atoms with Gasteiger partial charge in [0.05, 0.1) is 28.8 Å². The molecule has 2 amide bonds. The molecular weight excluding hydrogens is 421 g/mol. The Bertz CT molecular complexity index is 830. The molecule has 6 nitrogen and oxygen atoms in total. The van der Waals surface area contributed by atoms with E-state index in [1.54, 1.807) is 30.0 Å². The number of hydrogen-bond acceptors (Lipinski definition) is 5. The summed E-state index contributed by atoms with van der Waals surface area (Å²) in [5.41, 5.74) is 1.37. The Morgan fingerprint density at radius 1 is 1.29 bits per heavy atom. The van der Waals surface area contributed by atoms with Gasteiger partial charge in [-0.3, -0.25) is 4.79 Å². The minimum absolute atomic E-state index is 0.0503. The van der Waals surface area contributed by atoms with Crippen LogP contribution in [0.25, 0.3) is 10.6 Å². The molecule has 0 bridgehead atoms. The monoisotopic (exact) mass is 441 g/mol. The van der Waals surface area contributed by atoms with Crippen LogP contribution in [-0.4, -0.2) is 47.6 Å². The molecule has 1 aliphatic heterocycles. The molecule has 2 aromatic rings. The largest absolute Gasteiger partial charge is 0.450 e. The number of ether oxygens (including phenoxy) is 1. The lowest BCUT2D eigenvalue weighted by atomic mass is 10.1. The average molecular weight is 442 g/mol. The Kier molecular flexibility index (Phi) is 7.15. The van der Waals surface area contributed by atoms with Gasteiger partial charge in [-0.05, 0) is 31.9 Å². The van der Waals surface area contributed by atoms with Crippen molar-refractivity contribution < 1.29 is 14.3 Å². The summed E-state index contributed by atoms with van der Waals surface area (Å²) >= 11 is 13.9. The summed E-state index contributed by atoms with van der Waals surface area (Å²) in [5, 5.41) is 6.63. The first-order valence-corrected chi connectivity index (χ1v) is 10.7. The molecule has 0 aliphatic carbocycles. The maximum Gasteiger partial charge on any atom is 0.409 e. The Morgan fingerprint density at radius 3 is 2.61 bits per heavy atom. The normalized spacial score (nSPS) is 14.8. The van der Waals surface area contributed by atoms with Crippen LogP contribution < -0.4 is 5.32 Å². The second kappa shape index (κ2) is 9.58. The summed E-state index contributed by atoms with van der Waals surface area (Å²) in [4.78, 5) is 30.3. The zero-order valence-electron chi connectivity index (χ0n) is 15.4. The van der Waals surface area contributed by atoms with Gasteiger partial charge < -0.3 is 15.0 Å². The third-order valence-electron chi connectivity index (χ3n) is 4.46. The highest BCUT2D eigenvalue weighted by Gasteiger charge is 2.24. The third kappa shape index (κ3) is 5.16. The number of halogens is 2. The summed E-state index contributed by atoms with van der Waals surface area (Å²) in [5.74, 6) is -0.0864. The number of thiazole rings is 1. The third-order valence-corrected chi connectivity index (χ3v) is 5.99. The lowest BCUT2D eigenvalue weighted by Gasteiger charge is -2.31. The van der Waals surface area contributed by atoms with Gasteiger partial charge in [0.25, 0.3) is 0 Å². The van der Waals surface area contributed by atoms with E-state index in [1.165, 1.54) is 11.3 Å². The number of likely N-dealkylation sites (tertiary alicyclic amines) is 1. The zero-order chi connectivity index (χ0) is 20.1. The molecule has 1 aromatic carbocycles. The van der Waals surface area contributed by atoms with E-state index in [-0.39, 0.29) is 24.5 Å². The van der Waals surface area contributed by atoms with Crippen molar-refractivity contribution in [1.82, 2.24) is 15.2 Å². The fraction of sp³-hybridized carbons (Fsp3) is 0.421. The van der Waals surface area contributed by atoms with E-state index in [4.69, 9.17) is 27.9 Å². The van der Waals surface area contributed by atoms with Gasteiger partial charge in [-0.25, -0.2) is 9.78 Å². The minimum Gasteiger partial charge on any atom is -0.450 e. The van der Waals surface area contributed by atoms with E-state index in [0.717, 1.165) is 0 Å². The van der Waals surface area contributed by atoms with E-state index < -0.39 is 0 Å². The lowest BCUT2D eigenvalue weighted by molar-refractivity contribution is -0.121. The topological polar surface area (TPSA) is 71.5 Å². The molecule has 28 heavy (non-hydrogen) atoms. The molecule has 0 saturated carbocycles. The van der Waals surface area contributed by atoms with Gasteiger partial charge in [0.1, 0.15) is 5.01 Å². The number of piperidine rings is 1. The van der Waals surface area contributed by atoms with E-state index >= 15 is 0 Å². The van der Waals surface area contributed by atoms with Gasteiger partial charge in [-0.1, -0.05) is 29.3 Å². The van der Waals surface area contributed by atoms with E-state index in [2.05, 4.69) is 10.3 Å². The zero-order valence-corrected chi connectivity index (χ0v) is 17.7. The average Bonchev–Trinajstić information content (AvgIpc) is 3.10. The molecule has 1 saturated heterocycles. The molecule has 1 fully saturated rings. The number of benzene rings is 1. The summed E-state index contributed by atoms with van der Waals surface area (Å²) < 4.78 is 5.01. The SMILES string of the molecule is CCOC(=O)N1CCC(NC(=O)Cc2csc(-c3c(Cl)cccc3Cl)n2)CC1. The molecule has 0 atom stereocenters. The maximum atomic E-state index is 12.4. The molecular formula is C19H21Cl2N3O3S. The number of aromatic nitrogens is 1. The van der Waals surface area contributed by atoms with E-state index in [0.29, 0.717) is 58.8 Å². The minimum atomic E-state index is -0.291. The fourth-order valence-electron chi connectivity index (χ4n) is 3.07. The first-order chi connectivity index (χ1) is 13.5. The van der Waals surface area contributed by atoms with Gasteiger partial charge in [0.2, 0.25) is 5.91 Å². The standard InChI is InChI=1S/C19H21Cl2N3O3S/c1-2-27-19(26)24-8-6-12(7-9-24)22-16(25)10-13-11-28-18(23-13)17-14(20)4-3-5-15(17)21/h3-5,11-12H,2,6-10H2,1H3,(H,22,25). The number of nitrogens with one attached hydrogen (secondary N) is 1. The number of nitrogens with zero attached hydrogens (tertiary/aromatic N) is 2. The molecule has 3 rings (SSSR count). The van der Waals surface area contributed by atoms with Crippen LogP contribution in [0.5, 0.6) is 0 Å². The van der Waals surface area contributed by atoms with Crippen LogP contribution in [0, 0.1) is 0 Å². The molecule has 1 N–H and O–H groups in total. The highest BCUT2D eigenvalue weighted by molar-refractivity contribution is 7.13. The predicted octanol–water partition coefficient (Wildman–Crippen LogP) is 4.40. The maximum absolute atomic E-state index is 12.4. The van der Waals surface area contributed by atoms with Crippen LogP contribution >= 0.6 is 34.5 Å². The molecule has 9 heteroatoms. The van der Waals surface area contributed by atoms with Crippen molar-refractivity contribution in [2.24, 2.45) is 0 Å². The van der Waals surface area contributed by atoms with Gasteiger partial charge in [0.15, 0.2) is 0 Å². The molecule has 0 unspecified atom stereocenters. The van der Waals surface area contributed by atoms with Crippen molar-refractivity contribution >= 4 is 46.5 Å². The molecule has 0 spiro atoms. The second-order valence-corrected chi connectivity index (χ2v) is 8.12. The van der Waals surface area contributed by atoms with Crippen molar-refractivity contribution in [3.8, 4) is 10.6 Å². The first-order valence-electron chi connectivity index (χ1n) is 9.07. The quantitative estimate of drug-likeness (QED) is 0.746. The van der Waals surface area contributed by atoms with Crippen molar-refractivity contribution in [3.05, 3.63) is 39.3 Å². The predicted molar refractivity (Wildman–Crippen MR) is 111 cm³/mol. The number of rotatable bonds is 5. The van der Waals surface area contributed by atoms with Crippen molar-refractivity contribution in [2.75, 3.05) is 19.7 Å². The van der Waals surface area contributed by atoms with Gasteiger partial charge in [-0.2, -0.15) is 0 Å². The van der Waals surface area contributed by atoms with Gasteiger partial charge in [0, 0.05) is 30.1 Å².